The number of hydrogen-bond donors (Lipinski definition) is 1. The molecule has 0 unspecified atom stereocenters. The smallest absolute Gasteiger partial charge is 0.268 e. The van der Waals surface area contributed by atoms with Crippen LogP contribution in [0.4, 0.5) is 15.9 Å². The number of rotatable bonds is 5. The highest BCUT2D eigenvalue weighted by molar-refractivity contribution is 7.14. The quantitative estimate of drug-likeness (QED) is 0.693. The van der Waals surface area contributed by atoms with E-state index in [0.717, 1.165) is 29.3 Å². The molecule has 1 aromatic carbocycles. The number of benzene rings is 1. The predicted octanol–water partition coefficient (Wildman–Crippen LogP) is 3.67. The summed E-state index contributed by atoms with van der Waals surface area (Å²) in [5.41, 5.74) is 2.64. The maximum absolute atomic E-state index is 13.1. The molecule has 0 radical (unpaired) electrons. The number of carbonyl (C=O) groups excluding carboxylic acids is 1. The molecule has 0 bridgehead atoms. The first kappa shape index (κ1) is 19.5. The molecule has 2 aromatic heterocycles. The molecule has 4 rings (SSSR count). The number of aromatic nitrogens is 2. The van der Waals surface area contributed by atoms with Crippen molar-refractivity contribution in [3.63, 3.8) is 0 Å². The Hall–Kier alpha value is -2.84. The van der Waals surface area contributed by atoms with E-state index in [1.807, 2.05) is 13.0 Å². The Morgan fingerprint density at radius 1 is 1.21 bits per heavy atom. The van der Waals surface area contributed by atoms with Crippen LogP contribution in [0.5, 0.6) is 0 Å². The topological polar surface area (TPSA) is 67.4 Å². The van der Waals surface area contributed by atoms with Gasteiger partial charge in [0.2, 0.25) is 0 Å². The summed E-state index contributed by atoms with van der Waals surface area (Å²) in [7, 11) is 0. The Kier molecular flexibility index (Phi) is 5.82. The lowest BCUT2D eigenvalue weighted by atomic mass is 10.1. The number of pyridine rings is 1. The number of halogens is 1. The number of nitrogens with one attached hydrogen (secondary N) is 1. The molecule has 1 N–H and O–H groups in total. The van der Waals surface area contributed by atoms with Gasteiger partial charge >= 0.3 is 0 Å². The van der Waals surface area contributed by atoms with Gasteiger partial charge in [-0.15, -0.1) is 11.3 Å². The molecule has 1 amide bonds. The van der Waals surface area contributed by atoms with Gasteiger partial charge in [-0.3, -0.25) is 4.79 Å². The second-order valence-electron chi connectivity index (χ2n) is 6.78. The Labute approximate surface area is 172 Å². The maximum Gasteiger partial charge on any atom is 0.268 e. The number of anilines is 2. The first-order valence-corrected chi connectivity index (χ1v) is 10.2. The van der Waals surface area contributed by atoms with Gasteiger partial charge in [0, 0.05) is 19.5 Å². The first-order chi connectivity index (χ1) is 14.1. The van der Waals surface area contributed by atoms with Crippen LogP contribution in [-0.2, 0) is 11.2 Å². The fraction of sp³-hybridized carbons (Fsp3) is 0.286. The van der Waals surface area contributed by atoms with Gasteiger partial charge in [-0.2, -0.15) is 0 Å². The van der Waals surface area contributed by atoms with Crippen molar-refractivity contribution in [3.8, 4) is 0 Å². The lowest BCUT2D eigenvalue weighted by molar-refractivity contribution is 0.102. The van der Waals surface area contributed by atoms with Gasteiger partial charge in [0.05, 0.1) is 35.8 Å². The predicted molar refractivity (Wildman–Crippen MR) is 111 cm³/mol. The van der Waals surface area contributed by atoms with Crippen LogP contribution < -0.4 is 10.2 Å². The molecule has 3 heterocycles. The first-order valence-electron chi connectivity index (χ1n) is 9.39. The monoisotopic (exact) mass is 412 g/mol. The number of aryl methyl sites for hydroxylation is 1. The van der Waals surface area contributed by atoms with Crippen molar-refractivity contribution in [3.05, 3.63) is 69.6 Å². The molecule has 0 atom stereocenters. The Morgan fingerprint density at radius 2 is 1.97 bits per heavy atom. The third kappa shape index (κ3) is 4.78. The van der Waals surface area contributed by atoms with Gasteiger partial charge in [0.15, 0.2) is 0 Å². The largest absolute Gasteiger partial charge is 0.378 e. The normalized spacial score (nSPS) is 14.1. The van der Waals surface area contributed by atoms with Crippen LogP contribution in [0.2, 0.25) is 0 Å². The minimum Gasteiger partial charge on any atom is -0.378 e. The third-order valence-electron chi connectivity index (χ3n) is 4.68. The lowest BCUT2D eigenvalue weighted by Gasteiger charge is -2.28. The van der Waals surface area contributed by atoms with Gasteiger partial charge in [-0.05, 0) is 36.8 Å². The minimum atomic E-state index is -0.267. The van der Waals surface area contributed by atoms with Crippen molar-refractivity contribution in [1.29, 1.82) is 0 Å². The molecule has 6 nitrogen and oxygen atoms in total. The van der Waals surface area contributed by atoms with Crippen molar-refractivity contribution in [2.45, 2.75) is 13.3 Å². The van der Waals surface area contributed by atoms with Crippen molar-refractivity contribution in [2.75, 3.05) is 36.5 Å². The van der Waals surface area contributed by atoms with E-state index in [1.165, 1.54) is 23.5 Å². The van der Waals surface area contributed by atoms with Crippen molar-refractivity contribution < 1.29 is 13.9 Å². The zero-order valence-electron chi connectivity index (χ0n) is 16.0. The summed E-state index contributed by atoms with van der Waals surface area (Å²) in [6.45, 7) is 4.91. The van der Waals surface area contributed by atoms with Crippen LogP contribution in [0.25, 0.3) is 0 Å². The summed E-state index contributed by atoms with van der Waals surface area (Å²) in [6.07, 6.45) is 2.33. The minimum absolute atomic E-state index is 0.225. The summed E-state index contributed by atoms with van der Waals surface area (Å²) in [5, 5.41) is 3.66. The van der Waals surface area contributed by atoms with Crippen LogP contribution in [0.3, 0.4) is 0 Å². The third-order valence-corrected chi connectivity index (χ3v) is 5.84. The summed E-state index contributed by atoms with van der Waals surface area (Å²) >= 11 is 1.34. The molecule has 0 saturated carbocycles. The molecule has 1 aliphatic rings. The number of nitrogens with zero attached hydrogens (tertiary/aromatic N) is 3. The van der Waals surface area contributed by atoms with Crippen LogP contribution >= 0.6 is 11.3 Å². The standard InChI is InChI=1S/C21H21FN4O2S/c1-14-20(29-19(24-14)12-15-2-4-16(22)5-3-15)21(27)25-18-7-6-17(13-23-18)26-8-10-28-11-9-26/h2-7,13H,8-12H2,1H3,(H,23,25,27). The molecule has 1 fully saturated rings. The number of morpholine rings is 1. The number of ether oxygens (including phenoxy) is 1. The van der Waals surface area contributed by atoms with Crippen molar-refractivity contribution >= 4 is 28.7 Å². The van der Waals surface area contributed by atoms with E-state index in [0.29, 0.717) is 36.0 Å². The SMILES string of the molecule is Cc1nc(Cc2ccc(F)cc2)sc1C(=O)Nc1ccc(N2CCOCC2)cn1. The molecule has 1 saturated heterocycles. The molecule has 1 aliphatic heterocycles. The van der Waals surface area contributed by atoms with Gasteiger partial charge in [-0.25, -0.2) is 14.4 Å². The van der Waals surface area contributed by atoms with E-state index in [-0.39, 0.29) is 11.7 Å². The lowest BCUT2D eigenvalue weighted by Crippen LogP contribution is -2.36. The molecular formula is C21H21FN4O2S. The van der Waals surface area contributed by atoms with Gasteiger partial charge < -0.3 is 15.0 Å². The van der Waals surface area contributed by atoms with Crippen LogP contribution in [-0.4, -0.2) is 42.2 Å². The Bertz CT molecular complexity index is 983. The highest BCUT2D eigenvalue weighted by Gasteiger charge is 2.17. The number of hydrogen-bond acceptors (Lipinski definition) is 6. The molecule has 3 aromatic rings. The van der Waals surface area contributed by atoms with Crippen molar-refractivity contribution in [1.82, 2.24) is 9.97 Å². The maximum atomic E-state index is 13.1. The molecule has 150 valence electrons. The van der Waals surface area contributed by atoms with Crippen LogP contribution in [0.15, 0.2) is 42.6 Å². The molecule has 29 heavy (non-hydrogen) atoms. The van der Waals surface area contributed by atoms with E-state index in [4.69, 9.17) is 4.74 Å². The van der Waals surface area contributed by atoms with E-state index < -0.39 is 0 Å². The number of thiazole rings is 1. The number of carbonyl (C=O) groups is 1. The van der Waals surface area contributed by atoms with E-state index in [1.54, 1.807) is 24.4 Å². The van der Waals surface area contributed by atoms with E-state index in [9.17, 15) is 9.18 Å². The highest BCUT2D eigenvalue weighted by Crippen LogP contribution is 2.23. The van der Waals surface area contributed by atoms with Crippen molar-refractivity contribution in [2.24, 2.45) is 0 Å². The average molecular weight is 412 g/mol. The van der Waals surface area contributed by atoms with Gasteiger partial charge in [-0.1, -0.05) is 12.1 Å². The Balaban J connectivity index is 1.41. The highest BCUT2D eigenvalue weighted by atomic mass is 32.1. The number of amides is 1. The summed E-state index contributed by atoms with van der Waals surface area (Å²) < 4.78 is 18.4. The Morgan fingerprint density at radius 3 is 2.66 bits per heavy atom. The summed E-state index contributed by atoms with van der Waals surface area (Å²) in [5.74, 6) is 0.00754. The zero-order valence-corrected chi connectivity index (χ0v) is 16.8. The fourth-order valence-electron chi connectivity index (χ4n) is 3.16. The second kappa shape index (κ2) is 8.67. The zero-order chi connectivity index (χ0) is 20.2. The van der Waals surface area contributed by atoms with Crippen LogP contribution in [0, 0.1) is 12.7 Å². The fourth-order valence-corrected chi connectivity index (χ4v) is 4.15. The molecular weight excluding hydrogens is 391 g/mol. The van der Waals surface area contributed by atoms with Crippen LogP contribution in [0.1, 0.15) is 25.9 Å². The summed E-state index contributed by atoms with van der Waals surface area (Å²) in [4.78, 5) is 24.3. The molecule has 0 aliphatic carbocycles. The molecule has 0 spiro atoms. The van der Waals surface area contributed by atoms with E-state index >= 15 is 0 Å². The second-order valence-corrected chi connectivity index (χ2v) is 7.86. The average Bonchev–Trinajstić information content (AvgIpc) is 3.11. The van der Waals surface area contributed by atoms with E-state index in [2.05, 4.69) is 20.2 Å². The summed E-state index contributed by atoms with van der Waals surface area (Å²) in [6, 6.07) is 10.1. The van der Waals surface area contributed by atoms with Gasteiger partial charge in [0.1, 0.15) is 16.5 Å². The van der Waals surface area contributed by atoms with Gasteiger partial charge in [0.25, 0.3) is 5.91 Å². The molecule has 8 heteroatoms.